The smallest absolute Gasteiger partial charge is 0.262 e. The third kappa shape index (κ3) is 5.64. The fourth-order valence-electron chi connectivity index (χ4n) is 3.84. The number of ether oxygens (including phenoxy) is 3. The van der Waals surface area contributed by atoms with Crippen LogP contribution in [-0.4, -0.2) is 55.9 Å². The number of nitrogens with zero attached hydrogens (tertiary/aromatic N) is 1. The number of anilines is 1. The van der Waals surface area contributed by atoms with E-state index in [1.165, 1.54) is 0 Å². The average molecular weight is 489 g/mol. The second-order valence-corrected chi connectivity index (χ2v) is 8.50. The van der Waals surface area contributed by atoms with Gasteiger partial charge in [0.05, 0.1) is 18.8 Å². The maximum atomic E-state index is 13.1. The van der Waals surface area contributed by atoms with Crippen LogP contribution in [0.25, 0.3) is 0 Å². The average Bonchev–Trinajstić information content (AvgIpc) is 3.34. The van der Waals surface area contributed by atoms with Gasteiger partial charge < -0.3 is 24.4 Å². The lowest BCUT2D eigenvalue weighted by molar-refractivity contribution is -0.118. The first-order valence-corrected chi connectivity index (χ1v) is 11.2. The van der Waals surface area contributed by atoms with E-state index in [1.54, 1.807) is 36.4 Å². The van der Waals surface area contributed by atoms with E-state index in [0.717, 1.165) is 17.3 Å². The SMILES string of the molecule is O=C(COc1ccccc1C(=O)N1CCC(C2OCCO2)CC1)Nc1ccc(Br)cc1. The Morgan fingerprint density at radius 2 is 1.71 bits per heavy atom. The van der Waals surface area contributed by atoms with Crippen LogP contribution in [0, 0.1) is 5.92 Å². The number of rotatable bonds is 6. The number of hydrogen-bond donors (Lipinski definition) is 1. The number of carbonyl (C=O) groups excluding carboxylic acids is 2. The summed E-state index contributed by atoms with van der Waals surface area (Å²) >= 11 is 3.36. The minimum atomic E-state index is -0.290. The second kappa shape index (κ2) is 10.3. The predicted octanol–water partition coefficient (Wildman–Crippen LogP) is 3.69. The topological polar surface area (TPSA) is 77.1 Å². The van der Waals surface area contributed by atoms with Gasteiger partial charge in [-0.15, -0.1) is 0 Å². The number of carbonyl (C=O) groups is 2. The molecule has 0 aliphatic carbocycles. The van der Waals surface area contributed by atoms with Crippen LogP contribution in [0.1, 0.15) is 23.2 Å². The number of hydrogen-bond acceptors (Lipinski definition) is 5. The third-order valence-electron chi connectivity index (χ3n) is 5.46. The molecule has 8 heteroatoms. The molecule has 0 spiro atoms. The molecule has 2 amide bonds. The van der Waals surface area contributed by atoms with Crippen molar-refractivity contribution in [1.82, 2.24) is 4.90 Å². The number of likely N-dealkylation sites (tertiary alicyclic amines) is 1. The van der Waals surface area contributed by atoms with E-state index in [2.05, 4.69) is 21.2 Å². The summed E-state index contributed by atoms with van der Waals surface area (Å²) < 4.78 is 17.8. The molecule has 0 atom stereocenters. The molecule has 0 unspecified atom stereocenters. The van der Waals surface area contributed by atoms with Crippen LogP contribution >= 0.6 is 15.9 Å². The van der Waals surface area contributed by atoms with Gasteiger partial charge >= 0.3 is 0 Å². The first-order chi connectivity index (χ1) is 15.1. The number of amides is 2. The summed E-state index contributed by atoms with van der Waals surface area (Å²) in [5, 5.41) is 2.78. The molecule has 2 aromatic carbocycles. The van der Waals surface area contributed by atoms with Crippen molar-refractivity contribution in [2.75, 3.05) is 38.2 Å². The van der Waals surface area contributed by atoms with Crippen LogP contribution in [-0.2, 0) is 14.3 Å². The third-order valence-corrected chi connectivity index (χ3v) is 5.99. The summed E-state index contributed by atoms with van der Waals surface area (Å²) in [6, 6.07) is 14.3. The molecule has 0 bridgehead atoms. The number of benzene rings is 2. The summed E-state index contributed by atoms with van der Waals surface area (Å²) in [5.74, 6) is 0.348. The van der Waals surface area contributed by atoms with Crippen LogP contribution in [0.4, 0.5) is 5.69 Å². The number of para-hydroxylation sites is 1. The zero-order chi connectivity index (χ0) is 21.6. The van der Waals surface area contributed by atoms with Gasteiger partial charge in [0.2, 0.25) is 0 Å². The number of piperidine rings is 1. The lowest BCUT2D eigenvalue weighted by Crippen LogP contribution is -2.41. The molecule has 2 aliphatic heterocycles. The molecule has 2 aliphatic rings. The summed E-state index contributed by atoms with van der Waals surface area (Å²) in [4.78, 5) is 27.2. The molecule has 2 aromatic rings. The highest BCUT2D eigenvalue weighted by Gasteiger charge is 2.32. The molecule has 4 rings (SSSR count). The quantitative estimate of drug-likeness (QED) is 0.670. The highest BCUT2D eigenvalue weighted by atomic mass is 79.9. The van der Waals surface area contributed by atoms with Crippen molar-refractivity contribution in [3.63, 3.8) is 0 Å². The van der Waals surface area contributed by atoms with Gasteiger partial charge in [-0.25, -0.2) is 0 Å². The second-order valence-electron chi connectivity index (χ2n) is 7.58. The minimum Gasteiger partial charge on any atom is -0.483 e. The van der Waals surface area contributed by atoms with E-state index in [9.17, 15) is 9.59 Å². The van der Waals surface area contributed by atoms with Crippen LogP contribution in [0.2, 0.25) is 0 Å². The maximum Gasteiger partial charge on any atom is 0.262 e. The molecule has 0 radical (unpaired) electrons. The molecule has 0 aromatic heterocycles. The van der Waals surface area contributed by atoms with Crippen LogP contribution in [0.15, 0.2) is 53.0 Å². The van der Waals surface area contributed by atoms with Crippen molar-refractivity contribution in [3.05, 3.63) is 58.6 Å². The van der Waals surface area contributed by atoms with Crippen LogP contribution in [0.3, 0.4) is 0 Å². The summed E-state index contributed by atoms with van der Waals surface area (Å²) in [6.45, 7) is 2.39. The van der Waals surface area contributed by atoms with Gasteiger partial charge in [0, 0.05) is 29.2 Å². The van der Waals surface area contributed by atoms with Gasteiger partial charge in [-0.2, -0.15) is 0 Å². The maximum absolute atomic E-state index is 13.1. The molecular formula is C23H25BrN2O5. The highest BCUT2D eigenvalue weighted by Crippen LogP contribution is 2.28. The lowest BCUT2D eigenvalue weighted by atomic mass is 9.95. The normalized spacial score (nSPS) is 17.5. The van der Waals surface area contributed by atoms with Crippen molar-refractivity contribution >= 4 is 33.4 Å². The first kappa shape index (κ1) is 21.8. The Balaban J connectivity index is 1.33. The molecule has 2 saturated heterocycles. The van der Waals surface area contributed by atoms with Gasteiger partial charge in [0.1, 0.15) is 5.75 Å². The Labute approximate surface area is 189 Å². The minimum absolute atomic E-state index is 0.0874. The Hall–Kier alpha value is -2.42. The molecule has 0 saturated carbocycles. The first-order valence-electron chi connectivity index (χ1n) is 10.4. The fraction of sp³-hybridized carbons (Fsp3) is 0.391. The fourth-order valence-corrected chi connectivity index (χ4v) is 4.10. The van der Waals surface area contributed by atoms with E-state index in [1.807, 2.05) is 17.0 Å². The van der Waals surface area contributed by atoms with Crippen molar-refractivity contribution in [1.29, 1.82) is 0 Å². The van der Waals surface area contributed by atoms with E-state index >= 15 is 0 Å². The number of nitrogens with one attached hydrogen (secondary N) is 1. The molecular weight excluding hydrogens is 464 g/mol. The zero-order valence-corrected chi connectivity index (χ0v) is 18.7. The standard InChI is InChI=1S/C23H25BrN2O5/c24-17-5-7-18(8-6-17)25-21(27)15-31-20-4-2-1-3-19(20)22(28)26-11-9-16(10-12-26)23-29-13-14-30-23/h1-8,16,23H,9-15H2,(H,25,27). The lowest BCUT2D eigenvalue weighted by Gasteiger charge is -2.34. The van der Waals surface area contributed by atoms with Gasteiger partial charge in [0.25, 0.3) is 11.8 Å². The molecule has 164 valence electrons. The molecule has 7 nitrogen and oxygen atoms in total. The zero-order valence-electron chi connectivity index (χ0n) is 17.1. The predicted molar refractivity (Wildman–Crippen MR) is 119 cm³/mol. The molecule has 2 fully saturated rings. The molecule has 1 N–H and O–H groups in total. The monoisotopic (exact) mass is 488 g/mol. The van der Waals surface area contributed by atoms with Crippen molar-refractivity contribution in [2.45, 2.75) is 19.1 Å². The van der Waals surface area contributed by atoms with Crippen molar-refractivity contribution < 1.29 is 23.8 Å². The van der Waals surface area contributed by atoms with Gasteiger partial charge in [-0.3, -0.25) is 9.59 Å². The Bertz CT molecular complexity index is 906. The van der Waals surface area contributed by atoms with Crippen molar-refractivity contribution in [3.8, 4) is 5.75 Å². The Morgan fingerprint density at radius 3 is 2.42 bits per heavy atom. The molecule has 31 heavy (non-hydrogen) atoms. The van der Waals surface area contributed by atoms with E-state index in [0.29, 0.717) is 49.2 Å². The van der Waals surface area contributed by atoms with Crippen LogP contribution in [0.5, 0.6) is 5.75 Å². The molecule has 2 heterocycles. The Morgan fingerprint density at radius 1 is 1.03 bits per heavy atom. The number of halogens is 1. The van der Waals surface area contributed by atoms with E-state index < -0.39 is 0 Å². The van der Waals surface area contributed by atoms with Gasteiger partial charge in [-0.05, 0) is 49.2 Å². The van der Waals surface area contributed by atoms with Crippen LogP contribution < -0.4 is 10.1 Å². The van der Waals surface area contributed by atoms with Crippen molar-refractivity contribution in [2.24, 2.45) is 5.92 Å². The highest BCUT2D eigenvalue weighted by molar-refractivity contribution is 9.10. The van der Waals surface area contributed by atoms with Gasteiger partial charge in [0.15, 0.2) is 12.9 Å². The summed E-state index contributed by atoms with van der Waals surface area (Å²) in [5.41, 5.74) is 1.14. The summed E-state index contributed by atoms with van der Waals surface area (Å²) in [7, 11) is 0. The van der Waals surface area contributed by atoms with E-state index in [-0.39, 0.29) is 24.7 Å². The van der Waals surface area contributed by atoms with Gasteiger partial charge in [-0.1, -0.05) is 28.1 Å². The summed E-state index contributed by atoms with van der Waals surface area (Å²) in [6.07, 6.45) is 1.54. The van der Waals surface area contributed by atoms with E-state index in [4.69, 9.17) is 14.2 Å². The Kier molecular flexibility index (Phi) is 7.21. The largest absolute Gasteiger partial charge is 0.483 e.